The van der Waals surface area contributed by atoms with Crippen molar-refractivity contribution < 1.29 is 12.9 Å². The van der Waals surface area contributed by atoms with E-state index in [1.807, 2.05) is 0 Å². The van der Waals surface area contributed by atoms with E-state index in [0.29, 0.717) is 5.82 Å². The molecule has 0 aliphatic heterocycles. The van der Waals surface area contributed by atoms with Crippen LogP contribution < -0.4 is 10.5 Å². The minimum absolute atomic E-state index is 0. The van der Waals surface area contributed by atoms with Crippen LogP contribution in [0.25, 0.3) is 0 Å². The second kappa shape index (κ2) is 5.59. The zero-order valence-electron chi connectivity index (χ0n) is 11.8. The molecule has 1 aliphatic carbocycles. The van der Waals surface area contributed by atoms with E-state index in [4.69, 9.17) is 10.3 Å². The number of nitrogens with zero attached hydrogens (tertiary/aromatic N) is 2. The van der Waals surface area contributed by atoms with Crippen LogP contribution in [0, 0.1) is 0 Å². The second-order valence-electron chi connectivity index (χ2n) is 5.79. The van der Waals surface area contributed by atoms with Gasteiger partial charge in [0.05, 0.1) is 11.8 Å². The molecule has 1 fully saturated rings. The molecule has 0 spiro atoms. The largest absolute Gasteiger partial charge is 0.337 e. The maximum Gasteiger partial charge on any atom is 0.247 e. The molecule has 1 aromatic rings. The van der Waals surface area contributed by atoms with E-state index < -0.39 is 21.1 Å². The van der Waals surface area contributed by atoms with E-state index in [9.17, 15) is 8.42 Å². The van der Waals surface area contributed by atoms with Crippen LogP contribution in [-0.2, 0) is 21.1 Å². The third kappa shape index (κ3) is 3.69. The minimum atomic E-state index is -3.36. The maximum absolute atomic E-state index is 11.3. The molecule has 0 aromatic carbocycles. The van der Waals surface area contributed by atoms with E-state index in [0.717, 1.165) is 31.9 Å². The Kier molecular flexibility index (Phi) is 4.85. The Labute approximate surface area is 125 Å². The Morgan fingerprint density at radius 3 is 2.40 bits per heavy atom. The Bertz CT molecular complexity index is 564. The Balaban J connectivity index is 0.00000200. The van der Waals surface area contributed by atoms with Gasteiger partial charge in [0.15, 0.2) is 5.82 Å². The molecular formula is C11H21ClN4O3S. The molecule has 20 heavy (non-hydrogen) atoms. The summed E-state index contributed by atoms with van der Waals surface area (Å²) >= 11 is 0. The zero-order valence-corrected chi connectivity index (χ0v) is 13.5. The number of sulfonamides is 1. The summed E-state index contributed by atoms with van der Waals surface area (Å²) < 4.78 is 30.3. The van der Waals surface area contributed by atoms with Gasteiger partial charge in [0, 0.05) is 0 Å². The molecule has 2 rings (SSSR count). The van der Waals surface area contributed by atoms with Crippen LogP contribution in [0.5, 0.6) is 0 Å². The molecule has 0 atom stereocenters. The lowest BCUT2D eigenvalue weighted by Gasteiger charge is -2.20. The van der Waals surface area contributed by atoms with Gasteiger partial charge in [-0.1, -0.05) is 18.0 Å². The van der Waals surface area contributed by atoms with Crippen molar-refractivity contribution in [2.45, 2.75) is 50.6 Å². The first-order chi connectivity index (χ1) is 8.62. The number of hydrogen-bond donors (Lipinski definition) is 2. The van der Waals surface area contributed by atoms with Crippen molar-refractivity contribution in [3.05, 3.63) is 11.7 Å². The predicted molar refractivity (Wildman–Crippen MR) is 76.9 cm³/mol. The normalized spacial score (nSPS) is 18.8. The average molecular weight is 325 g/mol. The van der Waals surface area contributed by atoms with Gasteiger partial charge in [-0.05, 0) is 26.7 Å². The van der Waals surface area contributed by atoms with Crippen LogP contribution in [0.15, 0.2) is 4.52 Å². The molecule has 0 radical (unpaired) electrons. The molecular weight excluding hydrogens is 304 g/mol. The quantitative estimate of drug-likeness (QED) is 0.854. The maximum atomic E-state index is 11.3. The van der Waals surface area contributed by atoms with Gasteiger partial charge in [-0.3, -0.25) is 0 Å². The lowest BCUT2D eigenvalue weighted by atomic mass is 9.98. The van der Waals surface area contributed by atoms with Crippen molar-refractivity contribution >= 4 is 22.4 Å². The number of hydrogen-bond acceptors (Lipinski definition) is 6. The molecule has 0 unspecified atom stereocenters. The van der Waals surface area contributed by atoms with Crippen molar-refractivity contribution in [1.29, 1.82) is 0 Å². The monoisotopic (exact) mass is 324 g/mol. The lowest BCUT2D eigenvalue weighted by molar-refractivity contribution is 0.289. The smallest absolute Gasteiger partial charge is 0.247 e. The van der Waals surface area contributed by atoms with Crippen LogP contribution in [0.2, 0.25) is 0 Å². The third-order valence-corrected chi connectivity index (χ3v) is 4.22. The Hall–Kier alpha value is -0.700. The summed E-state index contributed by atoms with van der Waals surface area (Å²) in [7, 11) is -3.36. The molecule has 1 saturated carbocycles. The van der Waals surface area contributed by atoms with Gasteiger partial charge >= 0.3 is 0 Å². The van der Waals surface area contributed by atoms with Crippen molar-refractivity contribution in [3.8, 4) is 0 Å². The molecule has 1 aromatic heterocycles. The highest BCUT2D eigenvalue weighted by Crippen LogP contribution is 2.35. The van der Waals surface area contributed by atoms with Crippen molar-refractivity contribution in [1.82, 2.24) is 14.9 Å². The van der Waals surface area contributed by atoms with Crippen LogP contribution in [0.4, 0.5) is 0 Å². The highest BCUT2D eigenvalue weighted by atomic mass is 35.5. The topological polar surface area (TPSA) is 111 Å². The molecule has 116 valence electrons. The van der Waals surface area contributed by atoms with E-state index in [2.05, 4.69) is 14.9 Å². The van der Waals surface area contributed by atoms with Gasteiger partial charge in [0.25, 0.3) is 0 Å². The minimum Gasteiger partial charge on any atom is -0.337 e. The SMILES string of the molecule is CC(C)(NS(C)(=O)=O)c1nc(C2(N)CCCC2)no1.Cl. The first-order valence-electron chi connectivity index (χ1n) is 6.25. The Morgan fingerprint density at radius 2 is 1.90 bits per heavy atom. The van der Waals surface area contributed by atoms with Crippen molar-refractivity contribution in [2.24, 2.45) is 5.73 Å². The van der Waals surface area contributed by atoms with E-state index in [-0.39, 0.29) is 18.3 Å². The summed E-state index contributed by atoms with van der Waals surface area (Å²) in [6.07, 6.45) is 4.84. The fraction of sp³-hybridized carbons (Fsp3) is 0.818. The molecule has 1 aliphatic rings. The molecule has 1 heterocycles. The molecule has 0 amide bonds. The molecule has 7 nitrogen and oxygen atoms in total. The Morgan fingerprint density at radius 1 is 1.35 bits per heavy atom. The average Bonchev–Trinajstić information content (AvgIpc) is 2.81. The molecule has 0 saturated heterocycles. The summed E-state index contributed by atoms with van der Waals surface area (Å²) in [6.45, 7) is 3.34. The summed E-state index contributed by atoms with van der Waals surface area (Å²) in [6, 6.07) is 0. The summed E-state index contributed by atoms with van der Waals surface area (Å²) in [5.41, 5.74) is 4.75. The highest BCUT2D eigenvalue weighted by Gasteiger charge is 2.38. The van der Waals surface area contributed by atoms with E-state index in [1.165, 1.54) is 0 Å². The summed E-state index contributed by atoms with van der Waals surface area (Å²) in [4.78, 5) is 4.29. The fourth-order valence-electron chi connectivity index (χ4n) is 2.42. The van der Waals surface area contributed by atoms with Crippen molar-refractivity contribution in [3.63, 3.8) is 0 Å². The number of rotatable bonds is 4. The van der Waals surface area contributed by atoms with Crippen LogP contribution in [0.3, 0.4) is 0 Å². The van der Waals surface area contributed by atoms with Gasteiger partial charge in [-0.25, -0.2) is 13.1 Å². The number of halogens is 1. The molecule has 3 N–H and O–H groups in total. The van der Waals surface area contributed by atoms with Gasteiger partial charge in [0.1, 0.15) is 5.54 Å². The van der Waals surface area contributed by atoms with Gasteiger partial charge in [0.2, 0.25) is 15.9 Å². The van der Waals surface area contributed by atoms with Crippen molar-refractivity contribution in [2.75, 3.05) is 6.26 Å². The lowest BCUT2D eigenvalue weighted by Crippen LogP contribution is -2.41. The molecule has 9 heteroatoms. The van der Waals surface area contributed by atoms with Crippen LogP contribution >= 0.6 is 12.4 Å². The van der Waals surface area contributed by atoms with Gasteiger partial charge in [-0.15, -0.1) is 12.4 Å². The van der Waals surface area contributed by atoms with Gasteiger partial charge in [-0.2, -0.15) is 4.98 Å². The number of nitrogens with two attached hydrogens (primary N) is 1. The first-order valence-corrected chi connectivity index (χ1v) is 8.14. The van der Waals surface area contributed by atoms with Crippen LogP contribution in [-0.4, -0.2) is 24.8 Å². The standard InChI is InChI=1S/C11H20N4O3S.ClH/c1-10(2,15-19(3,16)17)9-13-8(14-18-9)11(12)6-4-5-7-11;/h15H,4-7,12H2,1-3H3;1H. The predicted octanol–water partition coefficient (Wildman–Crippen LogP) is 1.00. The number of aromatic nitrogens is 2. The first kappa shape index (κ1) is 17.4. The van der Waals surface area contributed by atoms with E-state index in [1.54, 1.807) is 13.8 Å². The summed E-state index contributed by atoms with van der Waals surface area (Å²) in [5.74, 6) is 0.688. The molecule has 0 bridgehead atoms. The van der Waals surface area contributed by atoms with Crippen LogP contribution in [0.1, 0.15) is 51.2 Å². The zero-order chi connectivity index (χ0) is 14.3. The third-order valence-electron chi connectivity index (χ3n) is 3.34. The van der Waals surface area contributed by atoms with E-state index >= 15 is 0 Å². The second-order valence-corrected chi connectivity index (χ2v) is 7.53. The summed E-state index contributed by atoms with van der Waals surface area (Å²) in [5, 5.41) is 3.92. The fourth-order valence-corrected chi connectivity index (χ4v) is 3.43. The number of nitrogens with one attached hydrogen (secondary N) is 1. The highest BCUT2D eigenvalue weighted by molar-refractivity contribution is 7.88. The van der Waals surface area contributed by atoms with Gasteiger partial charge < -0.3 is 10.3 Å².